The minimum Gasteiger partial charge on any atom is -0.457 e. The summed E-state index contributed by atoms with van der Waals surface area (Å²) in [7, 11) is 1.76. The quantitative estimate of drug-likeness (QED) is 0.149. The van der Waals surface area contributed by atoms with Crippen molar-refractivity contribution in [2.24, 2.45) is 5.92 Å². The van der Waals surface area contributed by atoms with Crippen molar-refractivity contribution in [1.29, 1.82) is 0 Å². The second-order valence-electron chi connectivity index (χ2n) is 12.6. The Balaban J connectivity index is 1.07. The Morgan fingerprint density at radius 2 is 1.56 bits per heavy atom. The number of aliphatic hydroxyl groups is 1. The molecule has 2 saturated heterocycles. The number of anilines is 1. The molecule has 0 aliphatic carbocycles. The summed E-state index contributed by atoms with van der Waals surface area (Å²) < 4.78 is 24.7. The number of rotatable bonds is 12. The number of hydrogen-bond acceptors (Lipinski definition) is 7. The fourth-order valence-corrected chi connectivity index (χ4v) is 6.46. The molecule has 48 heavy (non-hydrogen) atoms. The van der Waals surface area contributed by atoms with Gasteiger partial charge in [-0.15, -0.1) is 0 Å². The summed E-state index contributed by atoms with van der Waals surface area (Å²) in [5.41, 5.74) is 4.48. The third kappa shape index (κ3) is 8.61. The molecule has 4 aromatic carbocycles. The summed E-state index contributed by atoms with van der Waals surface area (Å²) in [5, 5.41) is 15.4. The molecule has 2 aliphatic heterocycles. The molecule has 2 heterocycles. The van der Waals surface area contributed by atoms with Crippen LogP contribution in [0.3, 0.4) is 0 Å². The molecule has 2 amide bonds. The number of carbonyl (C=O) groups is 1. The van der Waals surface area contributed by atoms with Gasteiger partial charge in [0.1, 0.15) is 11.5 Å². The van der Waals surface area contributed by atoms with Crippen LogP contribution in [-0.4, -0.2) is 55.0 Å². The molecule has 0 saturated carbocycles. The Morgan fingerprint density at radius 3 is 2.27 bits per heavy atom. The van der Waals surface area contributed by atoms with Crippen LogP contribution in [0.25, 0.3) is 0 Å². The SMILES string of the molecule is COCC1CCCN1CC1OC(c2ccc(CNC(=O)Nc3ccc(Oc4ccccc4)cc3)cc2)OC(c2ccc(CO)cc2)C1C. The smallest absolute Gasteiger partial charge is 0.319 e. The van der Waals surface area contributed by atoms with E-state index in [9.17, 15) is 9.90 Å². The highest BCUT2D eigenvalue weighted by Crippen LogP contribution is 2.42. The van der Waals surface area contributed by atoms with Crippen molar-refractivity contribution in [1.82, 2.24) is 10.2 Å². The van der Waals surface area contributed by atoms with Crippen LogP contribution in [0.5, 0.6) is 11.5 Å². The number of urea groups is 1. The van der Waals surface area contributed by atoms with E-state index in [0.717, 1.165) is 60.5 Å². The minimum absolute atomic E-state index is 0.00610. The Bertz CT molecular complexity index is 1580. The minimum atomic E-state index is -0.545. The van der Waals surface area contributed by atoms with Crippen LogP contribution in [0.1, 0.15) is 54.4 Å². The lowest BCUT2D eigenvalue weighted by atomic mass is 9.90. The van der Waals surface area contributed by atoms with Gasteiger partial charge in [0.05, 0.1) is 25.4 Å². The lowest BCUT2D eigenvalue weighted by Crippen LogP contribution is -2.46. The second kappa shape index (κ2) is 16.2. The number of amides is 2. The number of hydrogen-bond donors (Lipinski definition) is 3. The van der Waals surface area contributed by atoms with Gasteiger partial charge in [-0.3, -0.25) is 4.90 Å². The molecule has 9 heteroatoms. The van der Waals surface area contributed by atoms with E-state index in [1.165, 1.54) is 0 Å². The van der Waals surface area contributed by atoms with Crippen molar-refractivity contribution in [3.8, 4) is 11.5 Å². The fourth-order valence-electron chi connectivity index (χ4n) is 6.46. The third-order valence-corrected chi connectivity index (χ3v) is 9.19. The molecule has 4 aromatic rings. The van der Waals surface area contributed by atoms with Crippen molar-refractivity contribution in [2.75, 3.05) is 32.1 Å². The number of nitrogens with zero attached hydrogens (tertiary/aromatic N) is 1. The first-order valence-corrected chi connectivity index (χ1v) is 16.7. The Hall–Kier alpha value is -4.25. The summed E-state index contributed by atoms with van der Waals surface area (Å²) in [6.45, 7) is 5.12. The molecular formula is C39H45N3O6. The van der Waals surface area contributed by atoms with E-state index >= 15 is 0 Å². The molecule has 3 N–H and O–H groups in total. The summed E-state index contributed by atoms with van der Waals surface area (Å²) in [5.74, 6) is 1.56. The molecule has 5 atom stereocenters. The van der Waals surface area contributed by atoms with Crippen LogP contribution >= 0.6 is 0 Å². The van der Waals surface area contributed by atoms with E-state index in [-0.39, 0.29) is 30.8 Å². The molecule has 252 valence electrons. The average molecular weight is 652 g/mol. The van der Waals surface area contributed by atoms with Crippen LogP contribution in [0, 0.1) is 5.92 Å². The van der Waals surface area contributed by atoms with Crippen LogP contribution in [-0.2, 0) is 27.4 Å². The second-order valence-corrected chi connectivity index (χ2v) is 12.6. The van der Waals surface area contributed by atoms with Crippen LogP contribution < -0.4 is 15.4 Å². The van der Waals surface area contributed by atoms with Crippen molar-refractivity contribution in [2.45, 2.75) is 57.5 Å². The van der Waals surface area contributed by atoms with E-state index in [1.807, 2.05) is 91.0 Å². The Kier molecular flexibility index (Phi) is 11.4. The summed E-state index contributed by atoms with van der Waals surface area (Å²) in [4.78, 5) is 15.1. The van der Waals surface area contributed by atoms with Gasteiger partial charge in [0.15, 0.2) is 6.29 Å². The summed E-state index contributed by atoms with van der Waals surface area (Å²) in [6.07, 6.45) is 1.52. The predicted molar refractivity (Wildman–Crippen MR) is 185 cm³/mol. The predicted octanol–water partition coefficient (Wildman–Crippen LogP) is 7.20. The topological polar surface area (TPSA) is 102 Å². The highest BCUT2D eigenvalue weighted by molar-refractivity contribution is 5.89. The van der Waals surface area contributed by atoms with Gasteiger partial charge in [-0.1, -0.05) is 73.7 Å². The van der Waals surface area contributed by atoms with E-state index in [1.54, 1.807) is 19.2 Å². The molecule has 2 fully saturated rings. The number of para-hydroxylation sites is 1. The molecule has 6 rings (SSSR count). The van der Waals surface area contributed by atoms with Gasteiger partial charge in [0.2, 0.25) is 0 Å². The maximum Gasteiger partial charge on any atom is 0.319 e. The Labute approximate surface area is 282 Å². The van der Waals surface area contributed by atoms with Crippen molar-refractivity contribution in [3.63, 3.8) is 0 Å². The van der Waals surface area contributed by atoms with Crippen LogP contribution in [0.15, 0.2) is 103 Å². The zero-order valence-corrected chi connectivity index (χ0v) is 27.6. The maximum absolute atomic E-state index is 12.6. The fraction of sp³-hybridized carbons (Fsp3) is 0.359. The van der Waals surface area contributed by atoms with Gasteiger partial charge in [-0.25, -0.2) is 4.79 Å². The Morgan fingerprint density at radius 1 is 0.875 bits per heavy atom. The third-order valence-electron chi connectivity index (χ3n) is 9.19. The zero-order valence-electron chi connectivity index (χ0n) is 27.6. The number of methoxy groups -OCH3 is 1. The van der Waals surface area contributed by atoms with Crippen LogP contribution in [0.2, 0.25) is 0 Å². The van der Waals surface area contributed by atoms with Gasteiger partial charge >= 0.3 is 6.03 Å². The van der Waals surface area contributed by atoms with E-state index < -0.39 is 6.29 Å². The van der Waals surface area contributed by atoms with Crippen molar-refractivity contribution < 1.29 is 28.8 Å². The first-order chi connectivity index (χ1) is 23.5. The summed E-state index contributed by atoms with van der Waals surface area (Å²) >= 11 is 0. The number of aliphatic hydroxyl groups excluding tert-OH is 1. The molecule has 2 aliphatic rings. The highest BCUT2D eigenvalue weighted by atomic mass is 16.7. The standard InChI is InChI=1S/C39H45N3O6/c1-27-36(24-42-22-6-7-33(42)26-45-2)47-38(48-37(27)30-14-12-29(25-43)13-15-30)31-16-10-28(11-17-31)23-40-39(44)41-32-18-20-35(21-19-32)46-34-8-4-3-5-9-34/h3-5,8-21,27,33,36-38,43H,6-7,22-26H2,1-2H3,(H2,40,41,44). The number of benzene rings is 4. The molecular weight excluding hydrogens is 606 g/mol. The number of ether oxygens (including phenoxy) is 4. The van der Waals surface area contributed by atoms with E-state index in [4.69, 9.17) is 18.9 Å². The molecule has 0 spiro atoms. The first kappa shape index (κ1) is 33.6. The number of carbonyl (C=O) groups excluding carboxylic acids is 1. The largest absolute Gasteiger partial charge is 0.457 e. The van der Waals surface area contributed by atoms with Crippen molar-refractivity contribution in [3.05, 3.63) is 125 Å². The van der Waals surface area contributed by atoms with Crippen LogP contribution in [0.4, 0.5) is 10.5 Å². The zero-order chi connectivity index (χ0) is 33.3. The molecule has 0 radical (unpaired) electrons. The molecule has 5 unspecified atom stereocenters. The van der Waals surface area contributed by atoms with Gasteiger partial charge < -0.3 is 34.7 Å². The maximum atomic E-state index is 12.6. The van der Waals surface area contributed by atoms with E-state index in [0.29, 0.717) is 24.0 Å². The number of likely N-dealkylation sites (tertiary alicyclic amines) is 1. The van der Waals surface area contributed by atoms with Crippen molar-refractivity contribution >= 4 is 11.7 Å². The van der Waals surface area contributed by atoms with E-state index in [2.05, 4.69) is 22.5 Å². The normalized spacial score (nSPS) is 22.7. The van der Waals surface area contributed by atoms with Gasteiger partial charge in [-0.2, -0.15) is 0 Å². The lowest BCUT2D eigenvalue weighted by Gasteiger charge is -2.43. The van der Waals surface area contributed by atoms with Gasteiger partial charge in [0, 0.05) is 43.4 Å². The molecule has 0 aromatic heterocycles. The average Bonchev–Trinajstić information content (AvgIpc) is 3.56. The number of nitrogens with one attached hydrogen (secondary N) is 2. The molecule has 0 bridgehead atoms. The first-order valence-electron chi connectivity index (χ1n) is 16.7. The highest BCUT2D eigenvalue weighted by Gasteiger charge is 2.40. The van der Waals surface area contributed by atoms with Gasteiger partial charge in [-0.05, 0) is 72.5 Å². The monoisotopic (exact) mass is 651 g/mol. The summed E-state index contributed by atoms with van der Waals surface area (Å²) in [6, 6.07) is 32.9. The lowest BCUT2D eigenvalue weighted by molar-refractivity contribution is -0.276. The molecule has 9 nitrogen and oxygen atoms in total. The van der Waals surface area contributed by atoms with Gasteiger partial charge in [0.25, 0.3) is 0 Å².